The summed E-state index contributed by atoms with van der Waals surface area (Å²) in [6, 6.07) is 2.20. The minimum atomic E-state index is -3.98. The number of hydrogen-bond donors (Lipinski definition) is 1. The lowest BCUT2D eigenvalue weighted by Gasteiger charge is -2.22. The van der Waals surface area contributed by atoms with Gasteiger partial charge in [0.05, 0.1) is 20.5 Å². The molecule has 0 unspecified atom stereocenters. The number of primary sulfonamides is 1. The molecule has 0 heterocycles. The van der Waals surface area contributed by atoms with E-state index in [1.165, 1.54) is 0 Å². The van der Waals surface area contributed by atoms with Crippen LogP contribution in [0.4, 0.5) is 0 Å². The maximum absolute atomic E-state index is 12.2. The van der Waals surface area contributed by atoms with Gasteiger partial charge in [-0.2, -0.15) is 0 Å². The van der Waals surface area contributed by atoms with Gasteiger partial charge in [-0.1, -0.05) is 29.6 Å². The highest BCUT2D eigenvalue weighted by molar-refractivity contribution is 7.89. The summed E-state index contributed by atoms with van der Waals surface area (Å²) in [5.74, 6) is -0.681. The van der Waals surface area contributed by atoms with Crippen molar-refractivity contribution < 1.29 is 17.9 Å². The number of halogens is 2. The largest absolute Gasteiger partial charge is 0.459 e. The van der Waals surface area contributed by atoms with Gasteiger partial charge in [0, 0.05) is 0 Å². The molecule has 0 spiro atoms. The number of ether oxygens (including phenoxy) is 1. The van der Waals surface area contributed by atoms with Crippen LogP contribution in [-0.4, -0.2) is 20.5 Å². The lowest BCUT2D eigenvalue weighted by Crippen LogP contribution is -2.21. The Bertz CT molecular complexity index is 654. The maximum atomic E-state index is 12.2. The summed E-state index contributed by atoms with van der Waals surface area (Å²) in [4.78, 5) is 11.9. The summed E-state index contributed by atoms with van der Waals surface area (Å²) >= 11 is 11.8. The smallest absolute Gasteiger partial charge is 0.340 e. The lowest BCUT2D eigenvalue weighted by molar-refractivity contribution is 0.0211. The van der Waals surface area contributed by atoms with Crippen LogP contribution in [-0.2, 0) is 14.8 Å². The van der Waals surface area contributed by atoms with Gasteiger partial charge >= 0.3 is 5.97 Å². The fourth-order valence-corrected chi connectivity index (χ4v) is 3.31. The molecule has 2 rings (SSSR count). The van der Waals surface area contributed by atoms with Crippen LogP contribution in [0.5, 0.6) is 0 Å². The van der Waals surface area contributed by atoms with Gasteiger partial charge in [0.1, 0.15) is 6.10 Å². The van der Waals surface area contributed by atoms with Crippen molar-refractivity contribution in [2.45, 2.75) is 43.1 Å². The van der Waals surface area contributed by atoms with E-state index in [1.54, 1.807) is 0 Å². The molecule has 1 aliphatic rings. The van der Waals surface area contributed by atoms with Crippen molar-refractivity contribution in [1.82, 2.24) is 0 Å². The van der Waals surface area contributed by atoms with E-state index in [2.05, 4.69) is 0 Å². The van der Waals surface area contributed by atoms with Crippen LogP contribution in [0.25, 0.3) is 0 Å². The minimum Gasteiger partial charge on any atom is -0.459 e. The summed E-state index contributed by atoms with van der Waals surface area (Å²) in [6.45, 7) is 0. The van der Waals surface area contributed by atoms with Gasteiger partial charge in [-0.25, -0.2) is 18.4 Å². The van der Waals surface area contributed by atoms with Crippen molar-refractivity contribution in [2.24, 2.45) is 5.14 Å². The van der Waals surface area contributed by atoms with E-state index in [-0.39, 0.29) is 26.6 Å². The van der Waals surface area contributed by atoms with Crippen molar-refractivity contribution in [3.05, 3.63) is 27.7 Å². The lowest BCUT2D eigenvalue weighted by atomic mass is 9.98. The Morgan fingerprint density at radius 3 is 2.38 bits per heavy atom. The van der Waals surface area contributed by atoms with Gasteiger partial charge in [0.2, 0.25) is 10.0 Å². The molecule has 1 aromatic carbocycles. The van der Waals surface area contributed by atoms with Crippen LogP contribution in [0, 0.1) is 0 Å². The van der Waals surface area contributed by atoms with E-state index in [9.17, 15) is 13.2 Å². The second-order valence-electron chi connectivity index (χ2n) is 4.98. The molecule has 1 saturated carbocycles. The number of carbonyl (C=O) groups is 1. The van der Waals surface area contributed by atoms with Gasteiger partial charge in [0.25, 0.3) is 0 Å². The molecular weight excluding hydrogens is 337 g/mol. The number of sulfonamides is 1. The summed E-state index contributed by atoms with van der Waals surface area (Å²) in [5, 5.41) is 4.95. The second-order valence-corrected chi connectivity index (χ2v) is 7.32. The van der Waals surface area contributed by atoms with Crippen molar-refractivity contribution in [1.29, 1.82) is 0 Å². The topological polar surface area (TPSA) is 86.5 Å². The molecule has 0 aromatic heterocycles. The van der Waals surface area contributed by atoms with Gasteiger partial charge in [-0.15, -0.1) is 0 Å². The van der Waals surface area contributed by atoms with Crippen molar-refractivity contribution in [3.63, 3.8) is 0 Å². The van der Waals surface area contributed by atoms with Crippen LogP contribution < -0.4 is 5.14 Å². The minimum absolute atomic E-state index is 0.0372. The standard InChI is InChI=1S/C13H15Cl2NO4S/c14-11-7-9(21(16,18)19)6-10(12(11)15)13(17)20-8-4-2-1-3-5-8/h6-8H,1-5H2,(H2,16,18,19). The quantitative estimate of drug-likeness (QED) is 0.847. The maximum Gasteiger partial charge on any atom is 0.340 e. The molecule has 5 nitrogen and oxygen atoms in total. The first-order chi connectivity index (χ1) is 9.79. The summed E-state index contributed by atoms with van der Waals surface area (Å²) in [5.41, 5.74) is -0.0845. The molecule has 0 amide bonds. The molecule has 0 atom stereocenters. The Balaban J connectivity index is 2.29. The van der Waals surface area contributed by atoms with E-state index < -0.39 is 16.0 Å². The average Bonchev–Trinajstić information content (AvgIpc) is 2.41. The number of benzene rings is 1. The zero-order valence-corrected chi connectivity index (χ0v) is 13.5. The third-order valence-corrected chi connectivity index (χ3v) is 5.07. The summed E-state index contributed by atoms with van der Waals surface area (Å²) in [6.07, 6.45) is 4.56. The monoisotopic (exact) mass is 351 g/mol. The predicted octanol–water partition coefficient (Wildman–Crippen LogP) is 3.13. The highest BCUT2D eigenvalue weighted by atomic mass is 35.5. The van der Waals surface area contributed by atoms with Crippen LogP contribution >= 0.6 is 23.2 Å². The van der Waals surface area contributed by atoms with E-state index in [0.29, 0.717) is 0 Å². The normalized spacial score (nSPS) is 16.7. The molecule has 1 fully saturated rings. The number of nitrogens with two attached hydrogens (primary N) is 1. The van der Waals surface area contributed by atoms with Gasteiger partial charge in [0.15, 0.2) is 0 Å². The predicted molar refractivity (Wildman–Crippen MR) is 80.1 cm³/mol. The van der Waals surface area contributed by atoms with Crippen LogP contribution in [0.15, 0.2) is 17.0 Å². The van der Waals surface area contributed by atoms with E-state index in [1.807, 2.05) is 0 Å². The highest BCUT2D eigenvalue weighted by Gasteiger charge is 2.23. The first kappa shape index (κ1) is 16.5. The van der Waals surface area contributed by atoms with E-state index in [0.717, 1.165) is 44.2 Å². The van der Waals surface area contributed by atoms with Crippen molar-refractivity contribution in [3.8, 4) is 0 Å². The first-order valence-corrected chi connectivity index (χ1v) is 8.82. The van der Waals surface area contributed by atoms with Gasteiger partial charge in [-0.3, -0.25) is 0 Å². The van der Waals surface area contributed by atoms with Crippen molar-refractivity contribution >= 4 is 39.2 Å². The first-order valence-electron chi connectivity index (χ1n) is 6.52. The Morgan fingerprint density at radius 2 is 1.81 bits per heavy atom. The highest BCUT2D eigenvalue weighted by Crippen LogP contribution is 2.31. The summed E-state index contributed by atoms with van der Waals surface area (Å²) < 4.78 is 28.1. The average molecular weight is 352 g/mol. The molecule has 1 aromatic rings. The molecule has 0 bridgehead atoms. The molecule has 116 valence electrons. The van der Waals surface area contributed by atoms with Gasteiger partial charge in [-0.05, 0) is 37.8 Å². The van der Waals surface area contributed by atoms with Crippen molar-refractivity contribution in [2.75, 3.05) is 0 Å². The van der Waals surface area contributed by atoms with Gasteiger partial charge < -0.3 is 4.74 Å². The van der Waals surface area contributed by atoms with Crippen LogP contribution in [0.1, 0.15) is 42.5 Å². The number of hydrogen-bond acceptors (Lipinski definition) is 4. The number of carbonyl (C=O) groups excluding carboxylic acids is 1. The molecule has 0 aliphatic heterocycles. The second kappa shape index (κ2) is 6.52. The van der Waals surface area contributed by atoms with Crippen LogP contribution in [0.2, 0.25) is 10.0 Å². The van der Waals surface area contributed by atoms with E-state index >= 15 is 0 Å². The SMILES string of the molecule is NS(=O)(=O)c1cc(Cl)c(Cl)c(C(=O)OC2CCCCC2)c1. The van der Waals surface area contributed by atoms with Crippen LogP contribution in [0.3, 0.4) is 0 Å². The Hall–Kier alpha value is -0.820. The number of esters is 1. The molecule has 21 heavy (non-hydrogen) atoms. The Kier molecular flexibility index (Phi) is 5.14. The molecule has 0 radical (unpaired) electrons. The zero-order valence-electron chi connectivity index (χ0n) is 11.1. The molecule has 8 heteroatoms. The Labute approximate surface area is 133 Å². The number of rotatable bonds is 3. The molecular formula is C13H15Cl2NO4S. The van der Waals surface area contributed by atoms with E-state index in [4.69, 9.17) is 33.1 Å². The Morgan fingerprint density at radius 1 is 1.19 bits per heavy atom. The fraction of sp³-hybridized carbons (Fsp3) is 0.462. The fourth-order valence-electron chi connectivity index (χ4n) is 2.27. The molecule has 2 N–H and O–H groups in total. The summed E-state index contributed by atoms with van der Waals surface area (Å²) in [7, 11) is -3.98. The molecule has 0 saturated heterocycles. The molecule has 1 aliphatic carbocycles. The third-order valence-electron chi connectivity index (χ3n) is 3.38. The zero-order chi connectivity index (χ0) is 15.6. The third kappa shape index (κ3) is 4.10.